The minimum Gasteiger partial charge on any atom is -0.382 e. The van der Waals surface area contributed by atoms with E-state index in [-0.39, 0.29) is 30.1 Å². The number of nitrogens with one attached hydrogen (secondary N) is 1. The van der Waals surface area contributed by atoms with Crippen molar-refractivity contribution in [2.45, 2.75) is 39.0 Å². The fourth-order valence-electron chi connectivity index (χ4n) is 3.87. The van der Waals surface area contributed by atoms with Crippen LogP contribution in [0.3, 0.4) is 0 Å². The lowest BCUT2D eigenvalue weighted by Crippen LogP contribution is -2.50. The summed E-state index contributed by atoms with van der Waals surface area (Å²) < 4.78 is 11.5. The Kier molecular flexibility index (Phi) is 10.5. The fraction of sp³-hybridized carbons (Fsp3) is 0.667. The summed E-state index contributed by atoms with van der Waals surface area (Å²) >= 11 is 0. The van der Waals surface area contributed by atoms with Crippen LogP contribution in [0.2, 0.25) is 0 Å². The summed E-state index contributed by atoms with van der Waals surface area (Å²) in [4.78, 5) is 9.75. The lowest BCUT2D eigenvalue weighted by molar-refractivity contribution is -0.0502. The smallest absolute Gasteiger partial charge is 0.194 e. The first-order valence-electron chi connectivity index (χ1n) is 10.3. The highest BCUT2D eigenvalue weighted by Gasteiger charge is 2.41. The predicted octanol–water partition coefficient (Wildman–Crippen LogP) is 2.58. The van der Waals surface area contributed by atoms with E-state index in [2.05, 4.69) is 52.4 Å². The van der Waals surface area contributed by atoms with E-state index < -0.39 is 0 Å². The molecule has 0 aliphatic carbocycles. The first kappa shape index (κ1) is 23.4. The summed E-state index contributed by atoms with van der Waals surface area (Å²) in [7, 11) is 0. The third kappa shape index (κ3) is 6.57. The van der Waals surface area contributed by atoms with Crippen molar-refractivity contribution >= 4 is 29.9 Å². The quantitative estimate of drug-likeness (QED) is 0.257. The number of likely N-dealkylation sites (tertiary alicyclic amines) is 1. The second-order valence-electron chi connectivity index (χ2n) is 7.12. The minimum absolute atomic E-state index is 0. The van der Waals surface area contributed by atoms with Gasteiger partial charge in [-0.2, -0.15) is 0 Å². The zero-order valence-electron chi connectivity index (χ0n) is 17.2. The van der Waals surface area contributed by atoms with Gasteiger partial charge in [-0.1, -0.05) is 30.3 Å². The molecule has 28 heavy (non-hydrogen) atoms. The summed E-state index contributed by atoms with van der Waals surface area (Å²) in [5, 5.41) is 3.45. The van der Waals surface area contributed by atoms with Crippen LogP contribution in [-0.2, 0) is 16.0 Å². The highest BCUT2D eigenvalue weighted by molar-refractivity contribution is 14.0. The Hall–Kier alpha value is -0.900. The van der Waals surface area contributed by atoms with Gasteiger partial charge in [0.15, 0.2) is 5.96 Å². The van der Waals surface area contributed by atoms with Crippen molar-refractivity contribution in [3.05, 3.63) is 35.9 Å². The molecule has 158 valence electrons. The van der Waals surface area contributed by atoms with Gasteiger partial charge in [-0.3, -0.25) is 9.89 Å². The van der Waals surface area contributed by atoms with Gasteiger partial charge in [-0.15, -0.1) is 24.0 Å². The molecule has 6 nitrogen and oxygen atoms in total. The molecule has 2 atom stereocenters. The molecular formula is C21H35IN4O2. The topological polar surface area (TPSA) is 49.3 Å². The van der Waals surface area contributed by atoms with Crippen LogP contribution in [0.25, 0.3) is 0 Å². The van der Waals surface area contributed by atoms with E-state index in [1.807, 2.05) is 6.92 Å². The van der Waals surface area contributed by atoms with Gasteiger partial charge >= 0.3 is 0 Å². The van der Waals surface area contributed by atoms with Crippen molar-refractivity contribution in [3.8, 4) is 0 Å². The molecule has 2 heterocycles. The summed E-state index contributed by atoms with van der Waals surface area (Å²) in [6.07, 6.45) is 1.22. The Balaban J connectivity index is 0.00000280. The summed E-state index contributed by atoms with van der Waals surface area (Å²) in [6.45, 7) is 12.0. The van der Waals surface area contributed by atoms with Crippen LogP contribution in [-0.4, -0.2) is 80.4 Å². The molecule has 0 amide bonds. The molecule has 2 saturated heterocycles. The van der Waals surface area contributed by atoms with E-state index in [1.165, 1.54) is 5.56 Å². The minimum atomic E-state index is 0. The third-order valence-electron chi connectivity index (χ3n) is 5.19. The molecule has 1 aromatic carbocycles. The number of nitrogens with zero attached hydrogens (tertiary/aromatic N) is 3. The number of hydrogen-bond acceptors (Lipinski definition) is 4. The standard InChI is InChI=1S/C21H34N4O2.HI/c1-3-22-21(23-11-8-13-26-4-2)25-16-19-20(17-25)27-14-12-24(19)15-18-9-6-5-7-10-18;/h5-7,9-10,19-20H,3-4,8,11-17H2,1-2H3,(H,22,23);1H. The normalized spacial score (nSPS) is 22.6. The second-order valence-corrected chi connectivity index (χ2v) is 7.12. The number of benzene rings is 1. The number of guanidine groups is 1. The average molecular weight is 502 g/mol. The number of aliphatic imine (C=N–C) groups is 1. The van der Waals surface area contributed by atoms with Crippen LogP contribution >= 0.6 is 24.0 Å². The van der Waals surface area contributed by atoms with Gasteiger partial charge in [0.25, 0.3) is 0 Å². The van der Waals surface area contributed by atoms with Crippen molar-refractivity contribution in [3.63, 3.8) is 0 Å². The van der Waals surface area contributed by atoms with Crippen molar-refractivity contribution in [2.75, 3.05) is 52.5 Å². The lowest BCUT2D eigenvalue weighted by atomic mass is 10.1. The number of ether oxygens (including phenoxy) is 2. The monoisotopic (exact) mass is 502 g/mol. The fourth-order valence-corrected chi connectivity index (χ4v) is 3.87. The number of fused-ring (bicyclic) bond motifs is 1. The molecule has 2 unspecified atom stereocenters. The maximum absolute atomic E-state index is 6.10. The van der Waals surface area contributed by atoms with Gasteiger partial charge in [0.05, 0.1) is 18.8 Å². The molecule has 1 N–H and O–H groups in total. The first-order valence-corrected chi connectivity index (χ1v) is 10.3. The van der Waals surface area contributed by atoms with Crippen LogP contribution < -0.4 is 5.32 Å². The molecule has 0 saturated carbocycles. The van der Waals surface area contributed by atoms with Gasteiger partial charge in [-0.05, 0) is 25.8 Å². The molecule has 0 spiro atoms. The molecule has 2 aliphatic rings. The molecular weight excluding hydrogens is 467 g/mol. The zero-order chi connectivity index (χ0) is 18.9. The molecule has 7 heteroatoms. The van der Waals surface area contributed by atoms with Crippen LogP contribution in [0.1, 0.15) is 25.8 Å². The van der Waals surface area contributed by atoms with Crippen LogP contribution in [0.4, 0.5) is 0 Å². The van der Waals surface area contributed by atoms with Crippen molar-refractivity contribution in [1.29, 1.82) is 0 Å². The van der Waals surface area contributed by atoms with E-state index in [0.717, 1.165) is 71.5 Å². The Morgan fingerprint density at radius 1 is 1.25 bits per heavy atom. The number of rotatable bonds is 8. The average Bonchev–Trinajstić information content (AvgIpc) is 3.13. The van der Waals surface area contributed by atoms with Gasteiger partial charge in [0, 0.05) is 52.5 Å². The molecule has 2 fully saturated rings. The van der Waals surface area contributed by atoms with Gasteiger partial charge < -0.3 is 19.7 Å². The van der Waals surface area contributed by atoms with E-state index >= 15 is 0 Å². The number of halogens is 1. The Bertz CT molecular complexity index is 587. The SMILES string of the molecule is CCNC(=NCCCOCC)N1CC2OCCN(Cc3ccccc3)C2C1.I. The summed E-state index contributed by atoms with van der Waals surface area (Å²) in [5.74, 6) is 1.01. The highest BCUT2D eigenvalue weighted by Crippen LogP contribution is 2.24. The summed E-state index contributed by atoms with van der Waals surface area (Å²) in [6, 6.07) is 11.2. The van der Waals surface area contributed by atoms with Crippen LogP contribution in [0.5, 0.6) is 0 Å². The Labute approximate surface area is 186 Å². The van der Waals surface area contributed by atoms with Crippen LogP contribution in [0.15, 0.2) is 35.3 Å². The Morgan fingerprint density at radius 2 is 2.07 bits per heavy atom. The molecule has 0 bridgehead atoms. The van der Waals surface area contributed by atoms with Gasteiger partial charge in [-0.25, -0.2) is 0 Å². The van der Waals surface area contributed by atoms with E-state index in [0.29, 0.717) is 6.04 Å². The van der Waals surface area contributed by atoms with E-state index in [1.54, 1.807) is 0 Å². The first-order chi connectivity index (χ1) is 13.3. The van der Waals surface area contributed by atoms with Crippen molar-refractivity contribution in [1.82, 2.24) is 15.1 Å². The predicted molar refractivity (Wildman–Crippen MR) is 124 cm³/mol. The maximum Gasteiger partial charge on any atom is 0.194 e. The molecule has 0 radical (unpaired) electrons. The van der Waals surface area contributed by atoms with E-state index in [9.17, 15) is 0 Å². The molecule has 3 rings (SSSR count). The van der Waals surface area contributed by atoms with Crippen LogP contribution in [0, 0.1) is 0 Å². The molecule has 0 aromatic heterocycles. The van der Waals surface area contributed by atoms with Crippen molar-refractivity contribution in [2.24, 2.45) is 4.99 Å². The highest BCUT2D eigenvalue weighted by atomic mass is 127. The number of morpholine rings is 1. The Morgan fingerprint density at radius 3 is 2.82 bits per heavy atom. The van der Waals surface area contributed by atoms with E-state index in [4.69, 9.17) is 14.5 Å². The maximum atomic E-state index is 6.10. The van der Waals surface area contributed by atoms with Gasteiger partial charge in [0.2, 0.25) is 0 Å². The van der Waals surface area contributed by atoms with Gasteiger partial charge in [0.1, 0.15) is 0 Å². The number of hydrogen-bond donors (Lipinski definition) is 1. The molecule has 2 aliphatic heterocycles. The zero-order valence-corrected chi connectivity index (χ0v) is 19.5. The third-order valence-corrected chi connectivity index (χ3v) is 5.19. The lowest BCUT2D eigenvalue weighted by Gasteiger charge is -2.36. The molecule has 1 aromatic rings. The largest absolute Gasteiger partial charge is 0.382 e. The second kappa shape index (κ2) is 12.6. The summed E-state index contributed by atoms with van der Waals surface area (Å²) in [5.41, 5.74) is 1.37. The van der Waals surface area contributed by atoms with Crippen molar-refractivity contribution < 1.29 is 9.47 Å².